The van der Waals surface area contributed by atoms with Crippen molar-refractivity contribution in [3.8, 4) is 0 Å². The average Bonchev–Trinajstić information content (AvgIpc) is 2.29. The molecule has 0 fully saturated rings. The normalized spacial score (nSPS) is 12.4. The Morgan fingerprint density at radius 3 is 2.69 bits per heavy atom. The lowest BCUT2D eigenvalue weighted by atomic mass is 9.91. The summed E-state index contributed by atoms with van der Waals surface area (Å²) in [4.78, 5) is 11.3. The van der Waals surface area contributed by atoms with Crippen LogP contribution in [0.1, 0.15) is 51.0 Å². The molecule has 88 valence electrons. The summed E-state index contributed by atoms with van der Waals surface area (Å²) in [5, 5.41) is 0.776. The van der Waals surface area contributed by atoms with E-state index in [0.717, 1.165) is 17.9 Å². The molecule has 1 rings (SSSR count). The van der Waals surface area contributed by atoms with Crippen LogP contribution in [-0.4, -0.2) is 5.78 Å². The summed E-state index contributed by atoms with van der Waals surface area (Å²) in [6, 6.07) is 7.96. The summed E-state index contributed by atoms with van der Waals surface area (Å²) in [7, 11) is 0. The van der Waals surface area contributed by atoms with Crippen LogP contribution in [0.4, 0.5) is 0 Å². The van der Waals surface area contributed by atoms with Crippen LogP contribution in [0, 0.1) is 0 Å². The first-order valence-corrected chi connectivity index (χ1v) is 6.32. The van der Waals surface area contributed by atoms with Gasteiger partial charge in [-0.25, -0.2) is 0 Å². The third-order valence-electron chi connectivity index (χ3n) is 2.98. The van der Waals surface area contributed by atoms with Gasteiger partial charge in [0.25, 0.3) is 0 Å². The molecule has 0 bridgehead atoms. The number of Topliss-reactive ketones (excluding diaryl/α,β-unsaturated/α-hetero) is 1. The fourth-order valence-corrected chi connectivity index (χ4v) is 2.08. The van der Waals surface area contributed by atoms with Crippen LogP contribution in [0.3, 0.4) is 0 Å². The molecule has 0 heterocycles. The molecule has 1 aromatic rings. The molecule has 0 N–H and O–H groups in total. The number of hydrogen-bond acceptors (Lipinski definition) is 1. The van der Waals surface area contributed by atoms with Gasteiger partial charge in [-0.3, -0.25) is 4.79 Å². The van der Waals surface area contributed by atoms with Gasteiger partial charge in [-0.15, -0.1) is 0 Å². The predicted molar refractivity (Wildman–Crippen MR) is 69.0 cm³/mol. The van der Waals surface area contributed by atoms with E-state index in [1.54, 1.807) is 0 Å². The van der Waals surface area contributed by atoms with Gasteiger partial charge in [-0.1, -0.05) is 37.6 Å². The van der Waals surface area contributed by atoms with Gasteiger partial charge in [0.1, 0.15) is 5.78 Å². The second-order valence-corrected chi connectivity index (χ2v) is 4.53. The third kappa shape index (κ3) is 3.97. The summed E-state index contributed by atoms with van der Waals surface area (Å²) >= 11 is 5.97. The molecule has 1 atom stereocenters. The SMILES string of the molecule is CCC(=O)CCC(CC)c1cccc(Cl)c1. The zero-order valence-electron chi connectivity index (χ0n) is 10.0. The van der Waals surface area contributed by atoms with E-state index in [-0.39, 0.29) is 0 Å². The first-order chi connectivity index (χ1) is 7.67. The van der Waals surface area contributed by atoms with E-state index in [9.17, 15) is 4.79 Å². The highest BCUT2D eigenvalue weighted by molar-refractivity contribution is 6.30. The van der Waals surface area contributed by atoms with Crippen molar-refractivity contribution in [3.05, 3.63) is 34.9 Å². The molecule has 0 radical (unpaired) electrons. The molecule has 0 saturated heterocycles. The van der Waals surface area contributed by atoms with Gasteiger partial charge in [0.2, 0.25) is 0 Å². The maximum absolute atomic E-state index is 11.3. The lowest BCUT2D eigenvalue weighted by Gasteiger charge is -2.14. The van der Waals surface area contributed by atoms with Crippen molar-refractivity contribution in [2.75, 3.05) is 0 Å². The van der Waals surface area contributed by atoms with Crippen molar-refractivity contribution in [1.29, 1.82) is 0 Å². The van der Waals surface area contributed by atoms with E-state index in [4.69, 9.17) is 11.6 Å². The van der Waals surface area contributed by atoms with E-state index >= 15 is 0 Å². The summed E-state index contributed by atoms with van der Waals surface area (Å²) in [6.45, 7) is 4.07. The lowest BCUT2D eigenvalue weighted by Crippen LogP contribution is -2.02. The number of rotatable bonds is 6. The van der Waals surface area contributed by atoms with Crippen LogP contribution < -0.4 is 0 Å². The lowest BCUT2D eigenvalue weighted by molar-refractivity contribution is -0.118. The predicted octanol–water partition coefficient (Wildman–Crippen LogP) is 4.59. The Morgan fingerprint density at radius 1 is 1.38 bits per heavy atom. The Morgan fingerprint density at radius 2 is 2.12 bits per heavy atom. The van der Waals surface area contributed by atoms with E-state index in [0.29, 0.717) is 24.5 Å². The van der Waals surface area contributed by atoms with Crippen LogP contribution in [0.5, 0.6) is 0 Å². The summed E-state index contributed by atoms with van der Waals surface area (Å²) in [5.41, 5.74) is 1.25. The van der Waals surface area contributed by atoms with E-state index in [2.05, 4.69) is 13.0 Å². The van der Waals surface area contributed by atoms with Crippen molar-refractivity contribution in [3.63, 3.8) is 0 Å². The Hall–Kier alpha value is -0.820. The Labute approximate surface area is 103 Å². The Kier molecular flexibility index (Phi) is 5.54. The van der Waals surface area contributed by atoms with Gasteiger partial charge in [-0.05, 0) is 36.5 Å². The standard InChI is InChI=1S/C14H19ClO/c1-3-11(8-9-14(16)4-2)12-6-5-7-13(15)10-12/h5-7,10-11H,3-4,8-9H2,1-2H3. The zero-order chi connectivity index (χ0) is 12.0. The second-order valence-electron chi connectivity index (χ2n) is 4.09. The molecule has 16 heavy (non-hydrogen) atoms. The molecule has 0 amide bonds. The van der Waals surface area contributed by atoms with Crippen LogP contribution in [0.25, 0.3) is 0 Å². The first kappa shape index (κ1) is 13.2. The third-order valence-corrected chi connectivity index (χ3v) is 3.21. The highest BCUT2D eigenvalue weighted by Crippen LogP contribution is 2.26. The van der Waals surface area contributed by atoms with Gasteiger partial charge in [0, 0.05) is 17.9 Å². The van der Waals surface area contributed by atoms with E-state index in [1.807, 2.05) is 25.1 Å². The van der Waals surface area contributed by atoms with Crippen LogP contribution in [-0.2, 0) is 4.79 Å². The summed E-state index contributed by atoms with van der Waals surface area (Å²) in [6.07, 6.45) is 3.31. The fourth-order valence-electron chi connectivity index (χ4n) is 1.88. The number of benzene rings is 1. The Bertz CT molecular complexity index is 346. The minimum Gasteiger partial charge on any atom is -0.300 e. The van der Waals surface area contributed by atoms with Crippen molar-refractivity contribution < 1.29 is 4.79 Å². The molecule has 2 heteroatoms. The molecular formula is C14H19ClO. The molecule has 0 aromatic heterocycles. The smallest absolute Gasteiger partial charge is 0.132 e. The minimum atomic E-state index is 0.348. The monoisotopic (exact) mass is 238 g/mol. The van der Waals surface area contributed by atoms with Crippen LogP contribution >= 0.6 is 11.6 Å². The summed E-state index contributed by atoms with van der Waals surface area (Å²) in [5.74, 6) is 0.801. The largest absolute Gasteiger partial charge is 0.300 e. The van der Waals surface area contributed by atoms with E-state index < -0.39 is 0 Å². The van der Waals surface area contributed by atoms with Gasteiger partial charge >= 0.3 is 0 Å². The molecule has 0 aliphatic heterocycles. The van der Waals surface area contributed by atoms with Crippen molar-refractivity contribution in [1.82, 2.24) is 0 Å². The molecule has 0 spiro atoms. The minimum absolute atomic E-state index is 0.348. The van der Waals surface area contributed by atoms with Crippen LogP contribution in [0.2, 0.25) is 5.02 Å². The summed E-state index contributed by atoms with van der Waals surface area (Å²) < 4.78 is 0. The number of halogens is 1. The van der Waals surface area contributed by atoms with Crippen molar-refractivity contribution in [2.45, 2.75) is 45.4 Å². The number of hydrogen-bond donors (Lipinski definition) is 0. The molecule has 0 saturated carbocycles. The molecule has 1 aromatic carbocycles. The van der Waals surface area contributed by atoms with Gasteiger partial charge in [0.05, 0.1) is 0 Å². The molecule has 1 nitrogen and oxygen atoms in total. The Balaban J connectivity index is 2.64. The van der Waals surface area contributed by atoms with Gasteiger partial charge < -0.3 is 0 Å². The van der Waals surface area contributed by atoms with Crippen LogP contribution in [0.15, 0.2) is 24.3 Å². The van der Waals surface area contributed by atoms with Crippen molar-refractivity contribution >= 4 is 17.4 Å². The second kappa shape index (κ2) is 6.70. The topological polar surface area (TPSA) is 17.1 Å². The maximum atomic E-state index is 11.3. The highest BCUT2D eigenvalue weighted by atomic mass is 35.5. The average molecular weight is 239 g/mol. The highest BCUT2D eigenvalue weighted by Gasteiger charge is 2.11. The molecule has 1 unspecified atom stereocenters. The van der Waals surface area contributed by atoms with Crippen molar-refractivity contribution in [2.24, 2.45) is 0 Å². The number of carbonyl (C=O) groups is 1. The first-order valence-electron chi connectivity index (χ1n) is 5.94. The molecule has 0 aliphatic rings. The molecular weight excluding hydrogens is 220 g/mol. The zero-order valence-corrected chi connectivity index (χ0v) is 10.8. The quantitative estimate of drug-likeness (QED) is 0.708. The van der Waals surface area contributed by atoms with Gasteiger partial charge in [-0.2, -0.15) is 0 Å². The number of carbonyl (C=O) groups excluding carboxylic acids is 1. The fraction of sp³-hybridized carbons (Fsp3) is 0.500. The maximum Gasteiger partial charge on any atom is 0.132 e. The van der Waals surface area contributed by atoms with Gasteiger partial charge in [0.15, 0.2) is 0 Å². The molecule has 0 aliphatic carbocycles. The number of ketones is 1. The van der Waals surface area contributed by atoms with E-state index in [1.165, 1.54) is 5.56 Å².